The highest BCUT2D eigenvalue weighted by Crippen LogP contribution is 2.18. The first-order chi connectivity index (χ1) is 11.3. The number of rotatable bonds is 3. The van der Waals surface area contributed by atoms with E-state index in [0.29, 0.717) is 0 Å². The van der Waals surface area contributed by atoms with Crippen molar-refractivity contribution in [2.24, 2.45) is 0 Å². The predicted molar refractivity (Wildman–Crippen MR) is 102 cm³/mol. The van der Waals surface area contributed by atoms with Gasteiger partial charge in [0.1, 0.15) is 0 Å². The van der Waals surface area contributed by atoms with Gasteiger partial charge in [-0.05, 0) is 43.7 Å². The van der Waals surface area contributed by atoms with Crippen molar-refractivity contribution in [3.8, 4) is 0 Å². The van der Waals surface area contributed by atoms with Crippen molar-refractivity contribution >= 4 is 23.3 Å². The zero-order valence-electron chi connectivity index (χ0n) is 14.4. The smallest absolute Gasteiger partial charge is 0.0705 e. The van der Waals surface area contributed by atoms with Crippen molar-refractivity contribution in [1.82, 2.24) is 20.1 Å². The lowest BCUT2D eigenvalue weighted by molar-refractivity contribution is 0.0981. The predicted octanol–water partition coefficient (Wildman–Crippen LogP) is 2.44. The second kappa shape index (κ2) is 7.79. The second-order valence-electron chi connectivity index (χ2n) is 6.94. The minimum absolute atomic E-state index is 0. The summed E-state index contributed by atoms with van der Waals surface area (Å²) in [5.41, 5.74) is 3.59. The first kappa shape index (κ1) is 17.6. The normalized spacial score (nSPS) is 22.6. The van der Waals surface area contributed by atoms with Gasteiger partial charge in [-0.15, -0.1) is 12.4 Å². The van der Waals surface area contributed by atoms with E-state index in [1.807, 2.05) is 6.92 Å². The monoisotopic (exact) mass is 346 g/mol. The summed E-state index contributed by atoms with van der Waals surface area (Å²) < 4.78 is 0. The lowest BCUT2D eigenvalue weighted by atomic mass is 10.1. The molecule has 0 bridgehead atoms. The first-order valence-corrected chi connectivity index (χ1v) is 8.81. The van der Waals surface area contributed by atoms with Crippen molar-refractivity contribution in [2.75, 3.05) is 39.3 Å². The number of benzene rings is 1. The van der Waals surface area contributed by atoms with Crippen molar-refractivity contribution in [2.45, 2.75) is 25.9 Å². The summed E-state index contributed by atoms with van der Waals surface area (Å²) >= 11 is 0. The molecule has 2 aromatic rings. The molecule has 0 saturated carbocycles. The highest BCUT2D eigenvalue weighted by molar-refractivity contribution is 5.85. The fraction of sp³-hybridized carbons (Fsp3) is 0.526. The fourth-order valence-corrected chi connectivity index (χ4v) is 3.87. The Morgan fingerprint density at radius 1 is 1.12 bits per heavy atom. The molecule has 2 fully saturated rings. The maximum atomic E-state index is 4.59. The van der Waals surface area contributed by atoms with Crippen LogP contribution < -0.4 is 5.32 Å². The van der Waals surface area contributed by atoms with Gasteiger partial charge in [0.15, 0.2) is 0 Å². The molecule has 0 amide bonds. The van der Waals surface area contributed by atoms with E-state index in [2.05, 4.69) is 50.4 Å². The van der Waals surface area contributed by atoms with E-state index < -0.39 is 0 Å². The van der Waals surface area contributed by atoms with Crippen LogP contribution in [0.2, 0.25) is 0 Å². The molecule has 5 heteroatoms. The standard InChI is InChI=1S/C19H26N4.ClH/c1-15-2-4-17-12-16(3-5-19(17)21-15)14-22-8-10-23(11-9-22)18-6-7-20-13-18;/h2-5,12,18,20H,6-11,13-14H2,1H3;1H. The Hall–Kier alpha value is -1.20. The van der Waals surface area contributed by atoms with E-state index in [1.165, 1.54) is 56.6 Å². The summed E-state index contributed by atoms with van der Waals surface area (Å²) in [5.74, 6) is 0. The molecule has 1 aromatic carbocycles. The molecular formula is C19H27ClN4. The lowest BCUT2D eigenvalue weighted by Gasteiger charge is -2.37. The van der Waals surface area contributed by atoms with E-state index in [0.717, 1.165) is 23.8 Å². The summed E-state index contributed by atoms with van der Waals surface area (Å²) in [6.45, 7) is 10.3. The van der Waals surface area contributed by atoms with Crippen molar-refractivity contribution in [3.05, 3.63) is 41.6 Å². The summed E-state index contributed by atoms with van der Waals surface area (Å²) in [5, 5.41) is 4.73. The van der Waals surface area contributed by atoms with Crippen molar-refractivity contribution in [3.63, 3.8) is 0 Å². The highest BCUT2D eigenvalue weighted by Gasteiger charge is 2.25. The zero-order valence-corrected chi connectivity index (χ0v) is 15.2. The van der Waals surface area contributed by atoms with Gasteiger partial charge in [-0.3, -0.25) is 14.8 Å². The van der Waals surface area contributed by atoms with E-state index in [1.54, 1.807) is 0 Å². The molecule has 24 heavy (non-hydrogen) atoms. The highest BCUT2D eigenvalue weighted by atomic mass is 35.5. The van der Waals surface area contributed by atoms with E-state index >= 15 is 0 Å². The van der Waals surface area contributed by atoms with Crippen LogP contribution in [-0.4, -0.2) is 60.1 Å². The van der Waals surface area contributed by atoms with Gasteiger partial charge < -0.3 is 5.32 Å². The molecule has 2 aliphatic rings. The Bertz CT molecular complexity index is 676. The molecule has 0 aliphatic carbocycles. The van der Waals surface area contributed by atoms with Crippen LogP contribution in [0, 0.1) is 6.92 Å². The third kappa shape index (κ3) is 3.89. The number of hydrogen-bond acceptors (Lipinski definition) is 4. The lowest BCUT2D eigenvalue weighted by Crippen LogP contribution is -2.50. The van der Waals surface area contributed by atoms with Crippen LogP contribution >= 0.6 is 12.4 Å². The number of pyridine rings is 1. The van der Waals surface area contributed by atoms with Crippen LogP contribution in [0.3, 0.4) is 0 Å². The number of halogens is 1. The van der Waals surface area contributed by atoms with Gasteiger partial charge >= 0.3 is 0 Å². The third-order valence-electron chi connectivity index (χ3n) is 5.26. The van der Waals surface area contributed by atoms with Crippen LogP contribution in [0.4, 0.5) is 0 Å². The number of aryl methyl sites for hydroxylation is 1. The minimum atomic E-state index is 0. The Morgan fingerprint density at radius 3 is 2.71 bits per heavy atom. The Morgan fingerprint density at radius 2 is 1.96 bits per heavy atom. The zero-order chi connectivity index (χ0) is 15.6. The van der Waals surface area contributed by atoms with Gasteiger partial charge in [-0.25, -0.2) is 0 Å². The molecule has 130 valence electrons. The van der Waals surface area contributed by atoms with Crippen LogP contribution in [0.15, 0.2) is 30.3 Å². The number of nitrogens with zero attached hydrogens (tertiary/aromatic N) is 3. The number of hydrogen-bond donors (Lipinski definition) is 1. The Balaban J connectivity index is 0.00000169. The fourth-order valence-electron chi connectivity index (χ4n) is 3.87. The molecule has 0 radical (unpaired) electrons. The maximum Gasteiger partial charge on any atom is 0.0705 e. The Kier molecular flexibility index (Phi) is 5.72. The molecule has 4 rings (SSSR count). The molecule has 2 saturated heterocycles. The van der Waals surface area contributed by atoms with Crippen LogP contribution in [0.1, 0.15) is 17.7 Å². The molecule has 1 atom stereocenters. The quantitative estimate of drug-likeness (QED) is 0.925. The molecule has 1 aromatic heterocycles. The van der Waals surface area contributed by atoms with Crippen LogP contribution in [0.25, 0.3) is 10.9 Å². The second-order valence-corrected chi connectivity index (χ2v) is 6.94. The molecule has 2 aliphatic heterocycles. The van der Waals surface area contributed by atoms with Crippen LogP contribution in [0.5, 0.6) is 0 Å². The Labute approximate surface area is 150 Å². The number of piperazine rings is 1. The maximum absolute atomic E-state index is 4.59. The molecule has 0 spiro atoms. The van der Waals surface area contributed by atoms with Crippen LogP contribution in [-0.2, 0) is 6.54 Å². The van der Waals surface area contributed by atoms with Gasteiger partial charge in [0.2, 0.25) is 0 Å². The summed E-state index contributed by atoms with van der Waals surface area (Å²) in [7, 11) is 0. The van der Waals surface area contributed by atoms with Gasteiger partial charge in [0, 0.05) is 56.4 Å². The summed E-state index contributed by atoms with van der Waals surface area (Å²) in [4.78, 5) is 9.85. The van der Waals surface area contributed by atoms with E-state index in [9.17, 15) is 0 Å². The largest absolute Gasteiger partial charge is 0.315 e. The average molecular weight is 347 g/mol. The SMILES string of the molecule is Cc1ccc2cc(CN3CCN(C4CCNC4)CC3)ccc2n1.Cl. The number of aromatic nitrogens is 1. The van der Waals surface area contributed by atoms with E-state index in [4.69, 9.17) is 0 Å². The van der Waals surface area contributed by atoms with E-state index in [-0.39, 0.29) is 12.4 Å². The summed E-state index contributed by atoms with van der Waals surface area (Å²) in [6.07, 6.45) is 1.32. The third-order valence-corrected chi connectivity index (χ3v) is 5.26. The van der Waals surface area contributed by atoms with Crippen molar-refractivity contribution in [1.29, 1.82) is 0 Å². The molecule has 1 N–H and O–H groups in total. The average Bonchev–Trinajstić information content (AvgIpc) is 3.10. The van der Waals surface area contributed by atoms with Gasteiger partial charge in [-0.2, -0.15) is 0 Å². The number of fused-ring (bicyclic) bond motifs is 1. The van der Waals surface area contributed by atoms with Gasteiger partial charge in [0.25, 0.3) is 0 Å². The molecule has 4 nitrogen and oxygen atoms in total. The van der Waals surface area contributed by atoms with Gasteiger partial charge in [0.05, 0.1) is 5.52 Å². The molecule has 3 heterocycles. The topological polar surface area (TPSA) is 31.4 Å². The van der Waals surface area contributed by atoms with Crippen molar-refractivity contribution < 1.29 is 0 Å². The summed E-state index contributed by atoms with van der Waals surface area (Å²) in [6, 6.07) is 11.8. The molecular weight excluding hydrogens is 320 g/mol. The number of nitrogens with one attached hydrogen (secondary N) is 1. The first-order valence-electron chi connectivity index (χ1n) is 8.81. The minimum Gasteiger partial charge on any atom is -0.315 e. The molecule has 1 unspecified atom stereocenters. The van der Waals surface area contributed by atoms with Gasteiger partial charge in [-0.1, -0.05) is 12.1 Å².